The molecule has 1 saturated heterocycles. The van der Waals surface area contributed by atoms with Gasteiger partial charge in [-0.1, -0.05) is 40.9 Å². The number of nitrogens with zero attached hydrogens (tertiary/aromatic N) is 1. The molecule has 2 fully saturated rings. The first kappa shape index (κ1) is 20.9. The molecule has 1 aliphatic heterocycles. The van der Waals surface area contributed by atoms with Gasteiger partial charge in [0.15, 0.2) is 0 Å². The Morgan fingerprint density at radius 3 is 2.33 bits per heavy atom. The van der Waals surface area contributed by atoms with E-state index < -0.39 is 5.97 Å². The normalized spacial score (nSPS) is 20.6. The number of amides is 1. The fourth-order valence-electron chi connectivity index (χ4n) is 4.80. The summed E-state index contributed by atoms with van der Waals surface area (Å²) in [6, 6.07) is 12.8. The van der Waals surface area contributed by atoms with Gasteiger partial charge in [0.25, 0.3) is 5.91 Å². The number of aromatic carboxylic acids is 1. The van der Waals surface area contributed by atoms with E-state index in [1.54, 1.807) is 24.3 Å². The van der Waals surface area contributed by atoms with E-state index in [2.05, 4.69) is 32.2 Å². The third-order valence-corrected chi connectivity index (χ3v) is 6.91. The van der Waals surface area contributed by atoms with Crippen LogP contribution in [0.4, 0.5) is 5.69 Å². The summed E-state index contributed by atoms with van der Waals surface area (Å²) < 4.78 is 0.900. The van der Waals surface area contributed by atoms with Crippen LogP contribution < -0.4 is 10.2 Å². The minimum atomic E-state index is -0.932. The first-order valence-corrected chi connectivity index (χ1v) is 11.5. The Bertz CT molecular complexity index is 915. The minimum absolute atomic E-state index is 0.0664. The van der Waals surface area contributed by atoms with Gasteiger partial charge in [0.1, 0.15) is 0 Å². The quantitative estimate of drug-likeness (QED) is 0.639. The summed E-state index contributed by atoms with van der Waals surface area (Å²) >= 11 is 3.51. The fourth-order valence-corrected chi connectivity index (χ4v) is 5.16. The topological polar surface area (TPSA) is 69.6 Å². The Kier molecular flexibility index (Phi) is 6.42. The van der Waals surface area contributed by atoms with Gasteiger partial charge in [-0.25, -0.2) is 4.79 Å². The van der Waals surface area contributed by atoms with Crippen LogP contribution in [-0.4, -0.2) is 36.6 Å². The highest BCUT2D eigenvalue weighted by atomic mass is 79.9. The number of halogens is 1. The Hall–Kier alpha value is -2.34. The second kappa shape index (κ2) is 9.21. The number of hydrogen-bond acceptors (Lipinski definition) is 3. The maximum Gasteiger partial charge on any atom is 0.335 e. The van der Waals surface area contributed by atoms with Gasteiger partial charge >= 0.3 is 5.97 Å². The minimum Gasteiger partial charge on any atom is -0.478 e. The van der Waals surface area contributed by atoms with Crippen LogP contribution in [0.1, 0.15) is 52.0 Å². The van der Waals surface area contributed by atoms with Crippen molar-refractivity contribution in [3.05, 3.63) is 63.6 Å². The molecule has 2 N–H and O–H groups in total. The smallest absolute Gasteiger partial charge is 0.335 e. The molecule has 1 saturated carbocycles. The largest absolute Gasteiger partial charge is 0.478 e. The van der Waals surface area contributed by atoms with E-state index in [-0.39, 0.29) is 11.5 Å². The number of carboxylic acid groups (broad SMARTS) is 1. The van der Waals surface area contributed by atoms with Crippen molar-refractivity contribution < 1.29 is 14.7 Å². The number of carbonyl (C=O) groups is 2. The van der Waals surface area contributed by atoms with Crippen LogP contribution >= 0.6 is 15.9 Å². The molecule has 0 aromatic heterocycles. The van der Waals surface area contributed by atoms with Gasteiger partial charge in [-0.15, -0.1) is 0 Å². The molecule has 2 aliphatic rings. The van der Waals surface area contributed by atoms with Gasteiger partial charge in [0, 0.05) is 29.8 Å². The van der Waals surface area contributed by atoms with Crippen LogP contribution in [0.15, 0.2) is 46.9 Å². The zero-order chi connectivity index (χ0) is 21.1. The maximum atomic E-state index is 13.0. The van der Waals surface area contributed by atoms with Gasteiger partial charge in [-0.05, 0) is 67.0 Å². The standard InChI is InChI=1S/C24H27BrN2O3/c25-20-9-10-22(27-14-18-3-1-2-4-19(18)15-27)21(13-20)23(28)26-12-11-16-5-7-17(8-6-16)24(29)30/h5-10,13,18-19H,1-4,11-12,14-15H2,(H,26,28)(H,29,30). The summed E-state index contributed by atoms with van der Waals surface area (Å²) in [7, 11) is 0. The summed E-state index contributed by atoms with van der Waals surface area (Å²) in [5, 5.41) is 12.0. The maximum absolute atomic E-state index is 13.0. The number of carboxylic acids is 1. The molecule has 5 nitrogen and oxygen atoms in total. The Morgan fingerprint density at radius 2 is 1.70 bits per heavy atom. The molecule has 1 heterocycles. The molecule has 0 bridgehead atoms. The van der Waals surface area contributed by atoms with Crippen molar-refractivity contribution in [3.63, 3.8) is 0 Å². The Balaban J connectivity index is 1.41. The lowest BCUT2D eigenvalue weighted by atomic mass is 9.82. The monoisotopic (exact) mass is 470 g/mol. The van der Waals surface area contributed by atoms with Crippen molar-refractivity contribution in [2.24, 2.45) is 11.8 Å². The highest BCUT2D eigenvalue weighted by Gasteiger charge is 2.35. The fraction of sp³-hybridized carbons (Fsp3) is 0.417. The van der Waals surface area contributed by atoms with Crippen LogP contribution in [0.25, 0.3) is 0 Å². The molecule has 2 aromatic rings. The van der Waals surface area contributed by atoms with E-state index in [9.17, 15) is 9.59 Å². The first-order valence-electron chi connectivity index (χ1n) is 10.7. The average molecular weight is 471 g/mol. The number of rotatable bonds is 6. The first-order chi connectivity index (χ1) is 14.5. The molecule has 2 atom stereocenters. The third-order valence-electron chi connectivity index (χ3n) is 6.42. The van der Waals surface area contributed by atoms with Crippen LogP contribution in [0.2, 0.25) is 0 Å². The molecule has 1 aliphatic carbocycles. The van der Waals surface area contributed by atoms with Gasteiger partial charge < -0.3 is 15.3 Å². The summed E-state index contributed by atoms with van der Waals surface area (Å²) in [6.07, 6.45) is 5.93. The molecule has 1 amide bonds. The number of fused-ring (bicyclic) bond motifs is 1. The summed E-state index contributed by atoms with van der Waals surface area (Å²) in [5.74, 6) is 0.515. The van der Waals surface area contributed by atoms with E-state index >= 15 is 0 Å². The van der Waals surface area contributed by atoms with Crippen LogP contribution in [-0.2, 0) is 6.42 Å². The lowest BCUT2D eigenvalue weighted by Gasteiger charge is -2.22. The number of carbonyl (C=O) groups excluding carboxylic acids is 1. The van der Waals surface area contributed by atoms with E-state index in [1.165, 1.54) is 25.7 Å². The van der Waals surface area contributed by atoms with E-state index in [1.807, 2.05) is 12.1 Å². The van der Waals surface area contributed by atoms with Crippen molar-refractivity contribution in [3.8, 4) is 0 Å². The average Bonchev–Trinajstić information content (AvgIpc) is 3.18. The van der Waals surface area contributed by atoms with Gasteiger partial charge in [-0.3, -0.25) is 4.79 Å². The van der Waals surface area contributed by atoms with Gasteiger partial charge in [-0.2, -0.15) is 0 Å². The molecule has 0 radical (unpaired) electrons. The van der Waals surface area contributed by atoms with Gasteiger partial charge in [0.2, 0.25) is 0 Å². The van der Waals surface area contributed by atoms with E-state index in [0.29, 0.717) is 18.5 Å². The molecule has 6 heteroatoms. The van der Waals surface area contributed by atoms with Crippen molar-refractivity contribution in [2.75, 3.05) is 24.5 Å². The van der Waals surface area contributed by atoms with E-state index in [4.69, 9.17) is 5.11 Å². The van der Waals surface area contributed by atoms with Gasteiger partial charge in [0.05, 0.1) is 11.1 Å². The molecule has 0 spiro atoms. The molecular weight excluding hydrogens is 444 g/mol. The lowest BCUT2D eigenvalue weighted by Crippen LogP contribution is -2.29. The lowest BCUT2D eigenvalue weighted by molar-refractivity contribution is 0.0696. The molecule has 30 heavy (non-hydrogen) atoms. The second-order valence-corrected chi connectivity index (χ2v) is 9.29. The second-order valence-electron chi connectivity index (χ2n) is 8.38. The number of hydrogen-bond donors (Lipinski definition) is 2. The van der Waals surface area contributed by atoms with Crippen LogP contribution in [0.5, 0.6) is 0 Å². The Labute approximate surface area is 185 Å². The Morgan fingerprint density at radius 1 is 1.03 bits per heavy atom. The summed E-state index contributed by atoms with van der Waals surface area (Å²) in [5.41, 5.74) is 3.01. The molecule has 4 rings (SSSR count). The SMILES string of the molecule is O=C(O)c1ccc(CCNC(=O)c2cc(Br)ccc2N2CC3CCCCC3C2)cc1. The highest BCUT2D eigenvalue weighted by molar-refractivity contribution is 9.10. The summed E-state index contributed by atoms with van der Waals surface area (Å²) in [6.45, 7) is 2.59. The number of benzene rings is 2. The van der Waals surface area contributed by atoms with E-state index in [0.717, 1.165) is 40.6 Å². The zero-order valence-electron chi connectivity index (χ0n) is 16.9. The highest BCUT2D eigenvalue weighted by Crippen LogP contribution is 2.39. The van der Waals surface area contributed by atoms with Crippen molar-refractivity contribution in [1.82, 2.24) is 5.32 Å². The van der Waals surface area contributed by atoms with Crippen molar-refractivity contribution >= 4 is 33.5 Å². The third kappa shape index (κ3) is 4.69. The molecule has 2 aromatic carbocycles. The molecule has 158 valence electrons. The van der Waals surface area contributed by atoms with Crippen molar-refractivity contribution in [2.45, 2.75) is 32.1 Å². The molecular formula is C24H27BrN2O3. The van der Waals surface area contributed by atoms with Crippen LogP contribution in [0, 0.1) is 11.8 Å². The van der Waals surface area contributed by atoms with Crippen LogP contribution in [0.3, 0.4) is 0 Å². The predicted octanol–water partition coefficient (Wildman–Crippen LogP) is 4.75. The number of anilines is 1. The molecule has 2 unspecified atom stereocenters. The number of nitrogens with one attached hydrogen (secondary N) is 1. The zero-order valence-corrected chi connectivity index (χ0v) is 18.5. The summed E-state index contributed by atoms with van der Waals surface area (Å²) in [4.78, 5) is 26.3. The predicted molar refractivity (Wildman–Crippen MR) is 121 cm³/mol. The van der Waals surface area contributed by atoms with Crippen molar-refractivity contribution in [1.29, 1.82) is 0 Å².